The third-order valence-corrected chi connectivity index (χ3v) is 4.68. The van der Waals surface area contributed by atoms with Gasteiger partial charge in [-0.15, -0.1) is 0 Å². The minimum Gasteiger partial charge on any atom is -0.467 e. The highest BCUT2D eigenvalue weighted by Gasteiger charge is 2.69. The fourth-order valence-electron chi connectivity index (χ4n) is 3.41. The number of likely N-dealkylation sites (tertiary alicyclic amines) is 1. The first kappa shape index (κ1) is 15.2. The molecule has 114 valence electrons. The second kappa shape index (κ2) is 4.95. The molecular weight excluding hydrogens is 270 g/mol. The van der Waals surface area contributed by atoms with E-state index in [4.69, 9.17) is 10.5 Å². The van der Waals surface area contributed by atoms with Crippen LogP contribution in [0.5, 0.6) is 0 Å². The molecule has 7 heteroatoms. The van der Waals surface area contributed by atoms with Crippen LogP contribution in [0.25, 0.3) is 0 Å². The smallest absolute Gasteiger partial charge is 0.328 e. The number of rotatable bonds is 4. The van der Waals surface area contributed by atoms with E-state index in [0.29, 0.717) is 6.54 Å². The minimum absolute atomic E-state index is 0.0254. The van der Waals surface area contributed by atoms with Crippen LogP contribution in [-0.2, 0) is 14.3 Å². The molecule has 2 fully saturated rings. The van der Waals surface area contributed by atoms with Gasteiger partial charge in [-0.25, -0.2) is 13.6 Å². The van der Waals surface area contributed by atoms with Crippen LogP contribution in [0.15, 0.2) is 0 Å². The summed E-state index contributed by atoms with van der Waals surface area (Å²) < 4.78 is 29.4. The molecule has 1 amide bonds. The Balaban J connectivity index is 2.12. The summed E-state index contributed by atoms with van der Waals surface area (Å²) >= 11 is 0. The zero-order valence-corrected chi connectivity index (χ0v) is 11.8. The molecule has 2 rings (SSSR count). The highest BCUT2D eigenvalue weighted by Crippen LogP contribution is 2.65. The fraction of sp³-hybridized carbons (Fsp3) is 0.846. The summed E-state index contributed by atoms with van der Waals surface area (Å²) in [4.78, 5) is 25.4. The quantitative estimate of drug-likeness (QED) is 0.771. The summed E-state index contributed by atoms with van der Waals surface area (Å²) in [7, 11) is 1.26. The van der Waals surface area contributed by atoms with Crippen molar-refractivity contribution in [3.8, 4) is 0 Å². The Morgan fingerprint density at radius 1 is 1.45 bits per heavy atom. The van der Waals surface area contributed by atoms with Gasteiger partial charge in [-0.3, -0.25) is 4.79 Å². The van der Waals surface area contributed by atoms with E-state index in [-0.39, 0.29) is 17.3 Å². The molecule has 1 saturated carbocycles. The van der Waals surface area contributed by atoms with Crippen molar-refractivity contribution in [1.29, 1.82) is 0 Å². The van der Waals surface area contributed by atoms with Gasteiger partial charge in [-0.05, 0) is 11.3 Å². The van der Waals surface area contributed by atoms with Crippen LogP contribution in [0, 0.1) is 17.3 Å². The molecule has 2 aliphatic rings. The Kier molecular flexibility index (Phi) is 3.75. The molecule has 4 atom stereocenters. The van der Waals surface area contributed by atoms with Gasteiger partial charge in [-0.2, -0.15) is 0 Å². The maximum Gasteiger partial charge on any atom is 0.328 e. The van der Waals surface area contributed by atoms with Crippen LogP contribution >= 0.6 is 0 Å². The molecule has 1 aliphatic heterocycles. The number of carbonyl (C=O) groups excluding carboxylic acids is 2. The average Bonchev–Trinajstić information content (AvgIpc) is 2.76. The number of esters is 1. The lowest BCUT2D eigenvalue weighted by molar-refractivity contribution is -0.153. The summed E-state index contributed by atoms with van der Waals surface area (Å²) in [6.07, 6.45) is -3.33. The molecule has 5 nitrogen and oxygen atoms in total. The van der Waals surface area contributed by atoms with Crippen molar-refractivity contribution in [3.63, 3.8) is 0 Å². The Bertz CT molecular complexity index is 428. The summed E-state index contributed by atoms with van der Waals surface area (Å²) in [6, 6.07) is -1.97. The molecule has 0 aromatic carbocycles. The predicted octanol–water partition coefficient (Wildman–Crippen LogP) is 0.625. The van der Waals surface area contributed by atoms with Crippen molar-refractivity contribution in [1.82, 2.24) is 4.90 Å². The number of ether oxygens (including phenoxy) is 1. The van der Waals surface area contributed by atoms with Crippen molar-refractivity contribution < 1.29 is 23.1 Å². The molecule has 2 N–H and O–H groups in total. The number of methoxy groups -OCH3 is 1. The molecule has 0 spiro atoms. The first-order valence-corrected chi connectivity index (χ1v) is 6.63. The van der Waals surface area contributed by atoms with Crippen molar-refractivity contribution in [2.75, 3.05) is 13.7 Å². The first-order chi connectivity index (χ1) is 9.21. The fourth-order valence-corrected chi connectivity index (χ4v) is 3.41. The molecular formula is C13H20F2N2O3. The molecule has 1 aliphatic carbocycles. The molecule has 1 saturated heterocycles. The molecule has 0 unspecified atom stereocenters. The molecule has 0 aromatic rings. The van der Waals surface area contributed by atoms with Gasteiger partial charge in [0.15, 0.2) is 0 Å². The summed E-state index contributed by atoms with van der Waals surface area (Å²) in [5.74, 6) is -0.865. The molecule has 1 heterocycles. The third kappa shape index (κ3) is 2.28. The van der Waals surface area contributed by atoms with Crippen molar-refractivity contribution >= 4 is 11.9 Å². The highest BCUT2D eigenvalue weighted by molar-refractivity contribution is 5.89. The van der Waals surface area contributed by atoms with E-state index >= 15 is 0 Å². The first-order valence-electron chi connectivity index (χ1n) is 6.63. The lowest BCUT2D eigenvalue weighted by atomic mass is 10.00. The number of piperidine rings is 1. The van der Waals surface area contributed by atoms with Crippen LogP contribution in [0.4, 0.5) is 8.78 Å². The number of nitrogens with zero attached hydrogens (tertiary/aromatic N) is 1. The number of hydrogen-bond acceptors (Lipinski definition) is 4. The zero-order valence-electron chi connectivity index (χ0n) is 11.8. The van der Waals surface area contributed by atoms with E-state index in [1.165, 1.54) is 12.0 Å². The van der Waals surface area contributed by atoms with Gasteiger partial charge in [0.25, 0.3) is 0 Å². The van der Waals surface area contributed by atoms with Crippen LogP contribution in [-0.4, -0.2) is 48.9 Å². The van der Waals surface area contributed by atoms with Gasteiger partial charge >= 0.3 is 5.97 Å². The number of fused-ring (bicyclic) bond motifs is 1. The number of nitrogens with two attached hydrogens (primary N) is 1. The van der Waals surface area contributed by atoms with Crippen molar-refractivity contribution in [3.05, 3.63) is 0 Å². The number of halogens is 2. The normalized spacial score (nSPS) is 31.9. The van der Waals surface area contributed by atoms with Gasteiger partial charge in [0.2, 0.25) is 12.3 Å². The molecule has 0 aromatic heterocycles. The highest BCUT2D eigenvalue weighted by atomic mass is 19.3. The summed E-state index contributed by atoms with van der Waals surface area (Å²) in [6.45, 7) is 4.44. The minimum atomic E-state index is -2.64. The van der Waals surface area contributed by atoms with Crippen LogP contribution in [0.3, 0.4) is 0 Å². The van der Waals surface area contributed by atoms with E-state index in [1.807, 2.05) is 13.8 Å². The van der Waals surface area contributed by atoms with Crippen LogP contribution in [0.1, 0.15) is 20.3 Å². The molecule has 20 heavy (non-hydrogen) atoms. The van der Waals surface area contributed by atoms with E-state index in [1.54, 1.807) is 0 Å². The van der Waals surface area contributed by atoms with Crippen molar-refractivity contribution in [2.24, 2.45) is 23.0 Å². The van der Waals surface area contributed by atoms with Gasteiger partial charge in [-0.1, -0.05) is 13.8 Å². The maximum absolute atomic E-state index is 12.3. The van der Waals surface area contributed by atoms with Crippen LogP contribution < -0.4 is 5.73 Å². The van der Waals surface area contributed by atoms with Gasteiger partial charge in [0.1, 0.15) is 6.04 Å². The number of carbonyl (C=O) groups is 2. The second-order valence-corrected chi connectivity index (χ2v) is 6.15. The second-order valence-electron chi connectivity index (χ2n) is 6.15. The van der Waals surface area contributed by atoms with E-state index in [0.717, 1.165) is 0 Å². The Labute approximate surface area is 116 Å². The van der Waals surface area contributed by atoms with E-state index in [9.17, 15) is 18.4 Å². The van der Waals surface area contributed by atoms with Crippen molar-refractivity contribution in [2.45, 2.75) is 38.8 Å². The summed E-state index contributed by atoms with van der Waals surface area (Å²) in [5, 5.41) is 0. The average molecular weight is 290 g/mol. The SMILES string of the molecule is COC(=O)[C@@H]1[C@@H]2[C@H](CN1C(=O)[C@@H](N)CC(F)F)C2(C)C. The largest absolute Gasteiger partial charge is 0.467 e. The van der Waals surface area contributed by atoms with E-state index < -0.39 is 36.8 Å². The molecule has 0 radical (unpaired) electrons. The molecule has 0 bridgehead atoms. The number of alkyl halides is 2. The Morgan fingerprint density at radius 2 is 2.05 bits per heavy atom. The van der Waals surface area contributed by atoms with Gasteiger partial charge in [0, 0.05) is 18.9 Å². The number of amides is 1. The summed E-state index contributed by atoms with van der Waals surface area (Å²) in [5.41, 5.74) is 5.48. The topological polar surface area (TPSA) is 72.6 Å². The van der Waals surface area contributed by atoms with Gasteiger partial charge < -0.3 is 15.4 Å². The Hall–Kier alpha value is -1.24. The lowest BCUT2D eigenvalue weighted by Crippen LogP contribution is -2.52. The monoisotopic (exact) mass is 290 g/mol. The number of hydrogen-bond donors (Lipinski definition) is 1. The van der Waals surface area contributed by atoms with E-state index in [2.05, 4.69) is 0 Å². The lowest BCUT2D eigenvalue weighted by Gasteiger charge is -2.30. The van der Waals surface area contributed by atoms with Gasteiger partial charge in [0.05, 0.1) is 13.2 Å². The zero-order chi connectivity index (χ0) is 15.2. The Morgan fingerprint density at radius 3 is 2.55 bits per heavy atom. The predicted molar refractivity (Wildman–Crippen MR) is 66.9 cm³/mol. The maximum atomic E-state index is 12.3. The third-order valence-electron chi connectivity index (χ3n) is 4.68. The standard InChI is InChI=1S/C13H20F2N2O3/c1-13(2)6-5-17(10(9(6)13)12(19)20-3)11(18)7(16)4-8(14)15/h6-10H,4-5,16H2,1-3H3/t6-,7-,9-,10-/m0/s1. The van der Waals surface area contributed by atoms with Crippen LogP contribution in [0.2, 0.25) is 0 Å².